The van der Waals surface area contributed by atoms with Gasteiger partial charge in [0.1, 0.15) is 0 Å². The summed E-state index contributed by atoms with van der Waals surface area (Å²) in [7, 11) is 0. The van der Waals surface area contributed by atoms with Gasteiger partial charge in [0.05, 0.1) is 15.8 Å². The highest BCUT2D eigenvalue weighted by Crippen LogP contribution is 2.35. The van der Waals surface area contributed by atoms with Crippen molar-refractivity contribution in [3.63, 3.8) is 0 Å². The molecule has 0 fully saturated rings. The van der Waals surface area contributed by atoms with Crippen molar-refractivity contribution in [2.45, 2.75) is 13.3 Å². The zero-order valence-electron chi connectivity index (χ0n) is 9.13. The van der Waals surface area contributed by atoms with Gasteiger partial charge in [-0.05, 0) is 24.3 Å². The normalized spacial score (nSPS) is 10.4. The Kier molecular flexibility index (Phi) is 6.49. The van der Waals surface area contributed by atoms with Gasteiger partial charge in [0.25, 0.3) is 0 Å². The smallest absolute Gasteiger partial charge is 0.321 e. The van der Waals surface area contributed by atoms with Gasteiger partial charge in [-0.25, -0.2) is 0 Å². The van der Waals surface area contributed by atoms with Crippen LogP contribution >= 0.6 is 46.6 Å². The number of hydrogen-bond donors (Lipinski definition) is 0. The lowest BCUT2D eigenvalue weighted by molar-refractivity contribution is -0.131. The summed E-state index contributed by atoms with van der Waals surface area (Å²) in [4.78, 5) is 11.5. The minimum Gasteiger partial charge on any atom is -0.423 e. The Balaban J connectivity index is 2.65. The van der Waals surface area contributed by atoms with E-state index < -0.39 is 0 Å². The molecule has 0 spiro atoms. The summed E-state index contributed by atoms with van der Waals surface area (Å²) in [5.41, 5.74) is 0. The van der Waals surface area contributed by atoms with Gasteiger partial charge in [-0.1, -0.05) is 41.7 Å². The Bertz CT molecular complexity index is 387. The summed E-state index contributed by atoms with van der Waals surface area (Å²) in [6, 6.07) is 2.97. The zero-order chi connectivity index (χ0) is 12.8. The number of thioether (sulfide) groups is 1. The highest BCUT2D eigenvalue weighted by Gasteiger charge is 2.13. The van der Waals surface area contributed by atoms with Crippen LogP contribution in [0.3, 0.4) is 0 Å². The van der Waals surface area contributed by atoms with E-state index in [1.54, 1.807) is 0 Å². The van der Waals surface area contributed by atoms with Crippen LogP contribution in [0, 0.1) is 0 Å². The van der Waals surface area contributed by atoms with Crippen LogP contribution in [-0.2, 0) is 4.79 Å². The molecule has 0 amide bonds. The summed E-state index contributed by atoms with van der Waals surface area (Å²) >= 11 is 19.0. The average molecular weight is 314 g/mol. The van der Waals surface area contributed by atoms with Gasteiger partial charge in [0.15, 0.2) is 5.75 Å². The molecule has 0 unspecified atom stereocenters. The van der Waals surface area contributed by atoms with Gasteiger partial charge < -0.3 is 4.74 Å². The van der Waals surface area contributed by atoms with Crippen molar-refractivity contribution in [3.8, 4) is 5.75 Å². The fraction of sp³-hybridized carbons (Fsp3) is 0.364. The Morgan fingerprint density at radius 3 is 2.41 bits per heavy atom. The maximum Gasteiger partial charge on any atom is 0.321 e. The lowest BCUT2D eigenvalue weighted by Crippen LogP contribution is -2.11. The molecule has 1 aromatic rings. The van der Waals surface area contributed by atoms with Crippen LogP contribution in [0.5, 0.6) is 5.75 Å². The van der Waals surface area contributed by atoms with Gasteiger partial charge in [0, 0.05) is 5.02 Å². The number of halogens is 3. The minimum atomic E-state index is -0.366. The third-order valence-corrected chi connectivity index (χ3v) is 3.66. The van der Waals surface area contributed by atoms with Crippen LogP contribution in [0.25, 0.3) is 0 Å². The summed E-state index contributed by atoms with van der Waals surface area (Å²) in [6.45, 7) is 2.05. The van der Waals surface area contributed by atoms with Crippen molar-refractivity contribution in [1.82, 2.24) is 0 Å². The lowest BCUT2D eigenvalue weighted by Gasteiger charge is -2.08. The van der Waals surface area contributed by atoms with Gasteiger partial charge >= 0.3 is 5.97 Å². The second kappa shape index (κ2) is 7.37. The second-order valence-corrected chi connectivity index (χ2v) is 5.58. The maximum absolute atomic E-state index is 11.5. The summed E-state index contributed by atoms with van der Waals surface area (Å²) in [5.74, 6) is 0.995. The van der Waals surface area contributed by atoms with Crippen LogP contribution in [-0.4, -0.2) is 17.5 Å². The zero-order valence-corrected chi connectivity index (χ0v) is 12.2. The first-order valence-corrected chi connectivity index (χ1v) is 7.26. The van der Waals surface area contributed by atoms with E-state index in [9.17, 15) is 4.79 Å². The molecule has 0 radical (unpaired) electrons. The van der Waals surface area contributed by atoms with Crippen molar-refractivity contribution >= 4 is 52.5 Å². The maximum atomic E-state index is 11.5. The summed E-state index contributed by atoms with van der Waals surface area (Å²) in [5, 5.41) is 0.868. The number of rotatable bonds is 5. The number of esters is 1. The van der Waals surface area contributed by atoms with Gasteiger partial charge in [0.2, 0.25) is 0 Å². The number of hydrogen-bond acceptors (Lipinski definition) is 3. The van der Waals surface area contributed by atoms with Gasteiger partial charge in [-0.15, -0.1) is 0 Å². The molecule has 2 nitrogen and oxygen atoms in total. The van der Waals surface area contributed by atoms with E-state index in [0.29, 0.717) is 5.02 Å². The largest absolute Gasteiger partial charge is 0.423 e. The molecular formula is C11H11Cl3O2S. The fourth-order valence-corrected chi connectivity index (χ4v) is 2.62. The highest BCUT2D eigenvalue weighted by atomic mass is 35.5. The van der Waals surface area contributed by atoms with Crippen molar-refractivity contribution < 1.29 is 9.53 Å². The second-order valence-electron chi connectivity index (χ2n) is 3.23. The lowest BCUT2D eigenvalue weighted by atomic mass is 10.3. The van der Waals surface area contributed by atoms with E-state index in [1.165, 1.54) is 23.9 Å². The number of carbonyl (C=O) groups is 1. The number of benzene rings is 1. The monoisotopic (exact) mass is 312 g/mol. The van der Waals surface area contributed by atoms with Crippen LogP contribution in [0.15, 0.2) is 12.1 Å². The number of ether oxygens (including phenoxy) is 1. The molecule has 0 aliphatic carbocycles. The van der Waals surface area contributed by atoms with Crippen molar-refractivity contribution in [2.24, 2.45) is 0 Å². The van der Waals surface area contributed by atoms with Gasteiger partial charge in [-0.3, -0.25) is 4.79 Å². The van der Waals surface area contributed by atoms with E-state index in [1.807, 2.05) is 6.92 Å². The van der Waals surface area contributed by atoms with E-state index in [0.717, 1.165) is 12.2 Å². The Hall–Kier alpha value is -0.0900. The van der Waals surface area contributed by atoms with E-state index in [-0.39, 0.29) is 27.5 Å². The predicted octanol–water partition coefficient (Wildman–Crippen LogP) is 4.70. The van der Waals surface area contributed by atoms with Crippen LogP contribution in [0.2, 0.25) is 15.1 Å². The standard InChI is InChI=1S/C11H11Cl3O2S/c1-2-3-17-6-10(15)16-11-8(13)4-7(12)5-9(11)14/h4-5H,2-3,6H2,1H3. The number of carbonyl (C=O) groups excluding carboxylic acids is 1. The third kappa shape index (κ3) is 4.96. The predicted molar refractivity (Wildman–Crippen MR) is 74.7 cm³/mol. The molecule has 0 aliphatic rings. The van der Waals surface area contributed by atoms with Gasteiger partial charge in [-0.2, -0.15) is 11.8 Å². The highest BCUT2D eigenvalue weighted by molar-refractivity contribution is 7.99. The van der Waals surface area contributed by atoms with Crippen molar-refractivity contribution in [2.75, 3.05) is 11.5 Å². The SMILES string of the molecule is CCCSCC(=O)Oc1c(Cl)cc(Cl)cc1Cl. The average Bonchev–Trinajstić information content (AvgIpc) is 2.24. The molecule has 0 N–H and O–H groups in total. The first-order chi connectivity index (χ1) is 8.04. The van der Waals surface area contributed by atoms with Crippen molar-refractivity contribution in [3.05, 3.63) is 27.2 Å². The molecule has 0 saturated heterocycles. The molecule has 0 heterocycles. The molecule has 1 rings (SSSR count). The molecule has 17 heavy (non-hydrogen) atoms. The van der Waals surface area contributed by atoms with E-state index in [2.05, 4.69) is 0 Å². The Morgan fingerprint density at radius 1 is 1.29 bits per heavy atom. The molecule has 0 saturated carbocycles. The van der Waals surface area contributed by atoms with E-state index in [4.69, 9.17) is 39.5 Å². The summed E-state index contributed by atoms with van der Waals surface area (Å²) < 4.78 is 5.10. The van der Waals surface area contributed by atoms with Crippen LogP contribution in [0.4, 0.5) is 0 Å². The molecule has 0 bridgehead atoms. The third-order valence-electron chi connectivity index (χ3n) is 1.75. The molecule has 6 heteroatoms. The molecule has 0 atom stereocenters. The molecule has 94 valence electrons. The molecular weight excluding hydrogens is 303 g/mol. The van der Waals surface area contributed by atoms with Crippen LogP contribution < -0.4 is 4.74 Å². The molecule has 0 aliphatic heterocycles. The van der Waals surface area contributed by atoms with Crippen molar-refractivity contribution in [1.29, 1.82) is 0 Å². The van der Waals surface area contributed by atoms with E-state index >= 15 is 0 Å². The fourth-order valence-electron chi connectivity index (χ4n) is 1.07. The quantitative estimate of drug-likeness (QED) is 0.448. The Labute approximate surface area is 120 Å². The summed E-state index contributed by atoms with van der Waals surface area (Å²) in [6.07, 6.45) is 1.01. The molecule has 0 aromatic heterocycles. The van der Waals surface area contributed by atoms with Crippen LogP contribution in [0.1, 0.15) is 13.3 Å². The minimum absolute atomic E-state index is 0.167. The Morgan fingerprint density at radius 2 is 1.88 bits per heavy atom. The first-order valence-electron chi connectivity index (χ1n) is 4.97. The topological polar surface area (TPSA) is 26.3 Å². The molecule has 1 aromatic carbocycles. The first kappa shape index (κ1) is 15.0.